The summed E-state index contributed by atoms with van der Waals surface area (Å²) in [5.41, 5.74) is 1.59. The number of pyridine rings is 1. The zero-order valence-corrected chi connectivity index (χ0v) is 8.79. The summed E-state index contributed by atoms with van der Waals surface area (Å²) in [6, 6.07) is 4.03. The van der Waals surface area contributed by atoms with Crippen molar-refractivity contribution in [1.82, 2.24) is 4.98 Å². The summed E-state index contributed by atoms with van der Waals surface area (Å²) in [5, 5.41) is 0. The Morgan fingerprint density at radius 3 is 2.62 bits per heavy atom. The summed E-state index contributed by atoms with van der Waals surface area (Å²) in [4.78, 5) is 4.07. The van der Waals surface area contributed by atoms with Gasteiger partial charge in [-0.05, 0) is 23.5 Å². The van der Waals surface area contributed by atoms with Gasteiger partial charge in [0, 0.05) is 12.3 Å². The largest absolute Gasteiger partial charge is 0.481 e. The van der Waals surface area contributed by atoms with Crippen LogP contribution in [-0.2, 0) is 6.42 Å². The third kappa shape index (κ3) is 3.45. The number of hydrogen-bond acceptors (Lipinski definition) is 2. The number of ether oxygens (including phenoxy) is 1. The van der Waals surface area contributed by atoms with Gasteiger partial charge in [-0.2, -0.15) is 0 Å². The van der Waals surface area contributed by atoms with Crippen molar-refractivity contribution in [3.05, 3.63) is 23.9 Å². The van der Waals surface area contributed by atoms with Crippen molar-refractivity contribution in [3.8, 4) is 5.88 Å². The van der Waals surface area contributed by atoms with Gasteiger partial charge in [-0.3, -0.25) is 0 Å². The van der Waals surface area contributed by atoms with E-state index < -0.39 is 0 Å². The molecule has 0 aliphatic carbocycles. The zero-order chi connectivity index (χ0) is 9.90. The molecule has 0 aliphatic rings. The molecule has 0 bridgehead atoms. The van der Waals surface area contributed by atoms with Gasteiger partial charge in [-0.15, -0.1) is 0 Å². The van der Waals surface area contributed by atoms with Crippen LogP contribution in [0.5, 0.6) is 5.88 Å². The first-order valence-electron chi connectivity index (χ1n) is 4.50. The molecule has 72 valence electrons. The van der Waals surface area contributed by atoms with Crippen molar-refractivity contribution in [2.75, 3.05) is 7.11 Å². The second-order valence-corrected chi connectivity index (χ2v) is 4.44. The molecule has 0 aromatic carbocycles. The standard InChI is InChI=1S/C11H17NO/c1-11(2,3)8-9-5-6-12-10(7-9)13-4/h5-7H,8H2,1-4H3. The Labute approximate surface area is 80.0 Å². The molecular weight excluding hydrogens is 162 g/mol. The van der Waals surface area contributed by atoms with Crippen molar-refractivity contribution in [2.45, 2.75) is 27.2 Å². The number of aromatic nitrogens is 1. The van der Waals surface area contributed by atoms with Crippen molar-refractivity contribution in [3.63, 3.8) is 0 Å². The predicted molar refractivity (Wildman–Crippen MR) is 53.9 cm³/mol. The van der Waals surface area contributed by atoms with Gasteiger partial charge in [-0.1, -0.05) is 20.8 Å². The lowest BCUT2D eigenvalue weighted by Crippen LogP contribution is -2.09. The third-order valence-electron chi connectivity index (χ3n) is 1.74. The molecule has 0 atom stereocenters. The van der Waals surface area contributed by atoms with Crippen LogP contribution in [0.15, 0.2) is 18.3 Å². The fourth-order valence-electron chi connectivity index (χ4n) is 1.28. The van der Waals surface area contributed by atoms with Crippen LogP contribution in [0.2, 0.25) is 0 Å². The van der Waals surface area contributed by atoms with Crippen LogP contribution in [0.3, 0.4) is 0 Å². The summed E-state index contributed by atoms with van der Waals surface area (Å²) >= 11 is 0. The zero-order valence-electron chi connectivity index (χ0n) is 8.79. The first-order chi connectivity index (χ1) is 6.01. The summed E-state index contributed by atoms with van der Waals surface area (Å²) in [6.07, 6.45) is 2.84. The maximum absolute atomic E-state index is 5.06. The molecule has 2 nitrogen and oxygen atoms in total. The molecule has 13 heavy (non-hydrogen) atoms. The van der Waals surface area contributed by atoms with E-state index >= 15 is 0 Å². The minimum absolute atomic E-state index is 0.312. The predicted octanol–water partition coefficient (Wildman–Crippen LogP) is 2.68. The van der Waals surface area contributed by atoms with Crippen molar-refractivity contribution in [2.24, 2.45) is 5.41 Å². The quantitative estimate of drug-likeness (QED) is 0.696. The molecule has 0 spiro atoms. The monoisotopic (exact) mass is 179 g/mol. The molecule has 0 fully saturated rings. The van der Waals surface area contributed by atoms with E-state index in [0.29, 0.717) is 11.3 Å². The van der Waals surface area contributed by atoms with E-state index in [4.69, 9.17) is 4.74 Å². The van der Waals surface area contributed by atoms with Gasteiger partial charge < -0.3 is 4.74 Å². The molecular formula is C11H17NO. The third-order valence-corrected chi connectivity index (χ3v) is 1.74. The number of nitrogens with zero attached hydrogens (tertiary/aromatic N) is 1. The molecule has 1 rings (SSSR count). The molecule has 0 amide bonds. The number of hydrogen-bond donors (Lipinski definition) is 0. The summed E-state index contributed by atoms with van der Waals surface area (Å²) in [5.74, 6) is 0.696. The maximum atomic E-state index is 5.06. The molecule has 0 saturated carbocycles. The second kappa shape index (κ2) is 3.77. The highest BCUT2D eigenvalue weighted by Crippen LogP contribution is 2.21. The van der Waals surface area contributed by atoms with Crippen LogP contribution in [0, 0.1) is 5.41 Å². The second-order valence-electron chi connectivity index (χ2n) is 4.44. The van der Waals surface area contributed by atoms with Gasteiger partial charge in [0.1, 0.15) is 0 Å². The molecule has 0 saturated heterocycles. The van der Waals surface area contributed by atoms with Crippen LogP contribution in [0.1, 0.15) is 26.3 Å². The van der Waals surface area contributed by atoms with Crippen LogP contribution in [0.4, 0.5) is 0 Å². The first kappa shape index (κ1) is 10.0. The number of methoxy groups -OCH3 is 1. The Hall–Kier alpha value is -1.05. The van der Waals surface area contributed by atoms with Gasteiger partial charge >= 0.3 is 0 Å². The molecule has 1 aromatic heterocycles. The Bertz CT molecular complexity index is 276. The highest BCUT2D eigenvalue weighted by atomic mass is 16.5. The Balaban J connectivity index is 2.78. The molecule has 0 unspecified atom stereocenters. The van der Waals surface area contributed by atoms with Crippen LogP contribution in [0.25, 0.3) is 0 Å². The maximum Gasteiger partial charge on any atom is 0.213 e. The van der Waals surface area contributed by atoms with Crippen molar-refractivity contribution < 1.29 is 4.74 Å². The molecule has 2 heteroatoms. The van der Waals surface area contributed by atoms with Crippen molar-refractivity contribution in [1.29, 1.82) is 0 Å². The molecule has 1 heterocycles. The molecule has 0 aliphatic heterocycles. The van der Waals surface area contributed by atoms with Gasteiger partial charge in [0.15, 0.2) is 0 Å². The van der Waals surface area contributed by atoms with E-state index in [1.165, 1.54) is 5.56 Å². The first-order valence-corrected chi connectivity index (χ1v) is 4.50. The van der Waals surface area contributed by atoms with Gasteiger partial charge in [0.05, 0.1) is 7.11 Å². The SMILES string of the molecule is COc1cc(CC(C)(C)C)ccn1. The Kier molecular flexibility index (Phi) is 2.91. The number of rotatable bonds is 2. The highest BCUT2D eigenvalue weighted by molar-refractivity contribution is 5.21. The normalized spacial score (nSPS) is 11.4. The van der Waals surface area contributed by atoms with E-state index in [0.717, 1.165) is 6.42 Å². The van der Waals surface area contributed by atoms with E-state index in [-0.39, 0.29) is 0 Å². The van der Waals surface area contributed by atoms with E-state index in [2.05, 4.69) is 25.8 Å². The molecule has 0 N–H and O–H groups in total. The Morgan fingerprint density at radius 2 is 2.08 bits per heavy atom. The Morgan fingerprint density at radius 1 is 1.38 bits per heavy atom. The minimum Gasteiger partial charge on any atom is -0.481 e. The summed E-state index contributed by atoms with van der Waals surface area (Å²) in [6.45, 7) is 6.67. The van der Waals surface area contributed by atoms with Gasteiger partial charge in [0.2, 0.25) is 5.88 Å². The fraction of sp³-hybridized carbons (Fsp3) is 0.545. The average Bonchev–Trinajstić information content (AvgIpc) is 2.01. The molecule has 0 radical (unpaired) electrons. The van der Waals surface area contributed by atoms with Crippen LogP contribution >= 0.6 is 0 Å². The lowest BCUT2D eigenvalue weighted by Gasteiger charge is -2.17. The van der Waals surface area contributed by atoms with E-state index in [1.807, 2.05) is 12.1 Å². The van der Waals surface area contributed by atoms with E-state index in [1.54, 1.807) is 13.3 Å². The van der Waals surface area contributed by atoms with Crippen LogP contribution < -0.4 is 4.74 Å². The highest BCUT2D eigenvalue weighted by Gasteiger charge is 2.11. The lowest BCUT2D eigenvalue weighted by molar-refractivity contribution is 0.390. The summed E-state index contributed by atoms with van der Waals surface area (Å²) in [7, 11) is 1.64. The summed E-state index contributed by atoms with van der Waals surface area (Å²) < 4.78 is 5.06. The van der Waals surface area contributed by atoms with E-state index in [9.17, 15) is 0 Å². The lowest BCUT2D eigenvalue weighted by atomic mass is 9.88. The smallest absolute Gasteiger partial charge is 0.213 e. The minimum atomic E-state index is 0.312. The fourth-order valence-corrected chi connectivity index (χ4v) is 1.28. The topological polar surface area (TPSA) is 22.1 Å². The molecule has 1 aromatic rings. The van der Waals surface area contributed by atoms with Crippen LogP contribution in [-0.4, -0.2) is 12.1 Å². The van der Waals surface area contributed by atoms with Gasteiger partial charge in [-0.25, -0.2) is 4.98 Å². The van der Waals surface area contributed by atoms with Gasteiger partial charge in [0.25, 0.3) is 0 Å². The van der Waals surface area contributed by atoms with Crippen molar-refractivity contribution >= 4 is 0 Å². The average molecular weight is 179 g/mol.